The summed E-state index contributed by atoms with van der Waals surface area (Å²) >= 11 is 0. The second-order valence-electron chi connectivity index (χ2n) is 5.54. The second-order valence-corrected chi connectivity index (χ2v) is 5.54. The van der Waals surface area contributed by atoms with Gasteiger partial charge in [0.2, 0.25) is 0 Å². The van der Waals surface area contributed by atoms with E-state index in [4.69, 9.17) is 0 Å². The van der Waals surface area contributed by atoms with Gasteiger partial charge in [0.15, 0.2) is 0 Å². The molecule has 0 aromatic heterocycles. The fourth-order valence-corrected chi connectivity index (χ4v) is 3.12. The number of hydrogen-bond donors (Lipinski definition) is 0. The van der Waals surface area contributed by atoms with Crippen molar-refractivity contribution in [2.24, 2.45) is 0 Å². The van der Waals surface area contributed by atoms with Crippen LogP contribution in [-0.4, -0.2) is 0 Å². The molecule has 0 saturated heterocycles. The zero-order valence-electron chi connectivity index (χ0n) is 11.2. The van der Waals surface area contributed by atoms with Crippen LogP contribution in [0.5, 0.6) is 0 Å². The summed E-state index contributed by atoms with van der Waals surface area (Å²) in [6.45, 7) is 4.56. The first-order valence-electron chi connectivity index (χ1n) is 6.97. The monoisotopic (exact) mass is 236 g/mol. The topological polar surface area (TPSA) is 0 Å². The average Bonchev–Trinajstić information content (AvgIpc) is 2.86. The third-order valence-corrected chi connectivity index (χ3v) is 4.02. The van der Waals surface area contributed by atoms with Gasteiger partial charge < -0.3 is 0 Å². The Bertz CT molecular complexity index is 564. The summed E-state index contributed by atoms with van der Waals surface area (Å²) in [7, 11) is 0. The van der Waals surface area contributed by atoms with Crippen LogP contribution in [0.3, 0.4) is 0 Å². The van der Waals surface area contributed by atoms with Gasteiger partial charge in [0.05, 0.1) is 0 Å². The molecule has 0 saturated carbocycles. The van der Waals surface area contributed by atoms with E-state index in [1.165, 1.54) is 36.0 Å². The highest BCUT2D eigenvalue weighted by molar-refractivity contribution is 5.73. The third kappa shape index (κ3) is 1.86. The van der Waals surface area contributed by atoms with Gasteiger partial charge in [-0.3, -0.25) is 0 Å². The molecule has 0 amide bonds. The van der Waals surface area contributed by atoms with E-state index < -0.39 is 0 Å². The fraction of sp³-hybridized carbons (Fsp3) is 0.333. The minimum absolute atomic E-state index is 0.582. The average molecular weight is 236 g/mol. The summed E-state index contributed by atoms with van der Waals surface area (Å²) in [6.07, 6.45) is 3.82. The molecule has 92 valence electrons. The van der Waals surface area contributed by atoms with Crippen molar-refractivity contribution in [2.45, 2.75) is 39.0 Å². The highest BCUT2D eigenvalue weighted by Gasteiger charge is 2.17. The first-order chi connectivity index (χ1) is 8.77. The Balaban J connectivity index is 2.19. The van der Waals surface area contributed by atoms with Gasteiger partial charge in [-0.1, -0.05) is 56.3 Å². The Hall–Kier alpha value is -1.56. The molecule has 18 heavy (non-hydrogen) atoms. The Kier molecular flexibility index (Phi) is 2.95. The predicted octanol–water partition coefficient (Wildman–Crippen LogP) is 4.97. The lowest BCUT2D eigenvalue weighted by Crippen LogP contribution is -1.95. The molecule has 0 aliphatic heterocycles. The van der Waals surface area contributed by atoms with Crippen molar-refractivity contribution >= 4 is 0 Å². The summed E-state index contributed by atoms with van der Waals surface area (Å²) in [6, 6.07) is 15.7. The molecule has 0 atom stereocenters. The van der Waals surface area contributed by atoms with Gasteiger partial charge in [-0.15, -0.1) is 0 Å². The summed E-state index contributed by atoms with van der Waals surface area (Å²) in [5, 5.41) is 0. The molecule has 2 aromatic carbocycles. The van der Waals surface area contributed by atoms with E-state index in [-0.39, 0.29) is 0 Å². The van der Waals surface area contributed by atoms with Crippen molar-refractivity contribution < 1.29 is 0 Å². The molecule has 0 nitrogen and oxygen atoms in total. The van der Waals surface area contributed by atoms with Gasteiger partial charge in [0.1, 0.15) is 0 Å². The van der Waals surface area contributed by atoms with E-state index >= 15 is 0 Å². The van der Waals surface area contributed by atoms with Gasteiger partial charge in [-0.05, 0) is 53.0 Å². The van der Waals surface area contributed by atoms with E-state index in [1.54, 1.807) is 11.1 Å². The second kappa shape index (κ2) is 4.61. The van der Waals surface area contributed by atoms with Crippen LogP contribution in [0.2, 0.25) is 0 Å². The van der Waals surface area contributed by atoms with Crippen LogP contribution >= 0.6 is 0 Å². The Morgan fingerprint density at radius 2 is 1.61 bits per heavy atom. The maximum atomic E-state index is 2.30. The van der Waals surface area contributed by atoms with Crippen LogP contribution in [0.15, 0.2) is 42.5 Å². The van der Waals surface area contributed by atoms with Gasteiger partial charge in [0, 0.05) is 0 Å². The highest BCUT2D eigenvalue weighted by Crippen LogP contribution is 2.36. The lowest BCUT2D eigenvalue weighted by molar-refractivity contribution is 0.868. The third-order valence-electron chi connectivity index (χ3n) is 4.02. The quantitative estimate of drug-likeness (QED) is 0.691. The van der Waals surface area contributed by atoms with E-state index in [1.807, 2.05) is 0 Å². The van der Waals surface area contributed by atoms with E-state index in [9.17, 15) is 0 Å². The Morgan fingerprint density at radius 3 is 2.44 bits per heavy atom. The number of hydrogen-bond acceptors (Lipinski definition) is 0. The summed E-state index contributed by atoms with van der Waals surface area (Å²) in [4.78, 5) is 0. The number of rotatable bonds is 2. The van der Waals surface area contributed by atoms with Crippen LogP contribution < -0.4 is 0 Å². The van der Waals surface area contributed by atoms with Crippen molar-refractivity contribution in [3.05, 3.63) is 59.2 Å². The Morgan fingerprint density at radius 1 is 0.833 bits per heavy atom. The molecule has 0 N–H and O–H groups in total. The number of aryl methyl sites for hydroxylation is 1. The van der Waals surface area contributed by atoms with E-state index in [0.29, 0.717) is 5.92 Å². The zero-order chi connectivity index (χ0) is 12.5. The molecular formula is C18H20. The summed E-state index contributed by atoms with van der Waals surface area (Å²) in [5.74, 6) is 0.582. The fourth-order valence-electron chi connectivity index (χ4n) is 3.12. The SMILES string of the molecule is CC(C)c1ccccc1-c1cccc2c1CCC2. The molecule has 3 rings (SSSR count). The van der Waals surface area contributed by atoms with Crippen molar-refractivity contribution in [3.8, 4) is 11.1 Å². The molecule has 2 aromatic rings. The molecule has 0 radical (unpaired) electrons. The molecule has 0 bridgehead atoms. The van der Waals surface area contributed by atoms with E-state index in [2.05, 4.69) is 56.3 Å². The standard InChI is InChI=1S/C18H20/c1-13(2)15-9-3-4-10-17(15)18-12-6-8-14-7-5-11-16(14)18/h3-4,6,8-10,12-13H,5,7,11H2,1-2H3. The molecule has 1 aliphatic carbocycles. The van der Waals surface area contributed by atoms with Crippen molar-refractivity contribution in [1.29, 1.82) is 0 Å². The van der Waals surface area contributed by atoms with Gasteiger partial charge >= 0.3 is 0 Å². The summed E-state index contributed by atoms with van der Waals surface area (Å²) in [5.41, 5.74) is 7.52. The van der Waals surface area contributed by atoms with Crippen LogP contribution in [0, 0.1) is 0 Å². The van der Waals surface area contributed by atoms with E-state index in [0.717, 1.165) is 0 Å². The first kappa shape index (κ1) is 11.5. The van der Waals surface area contributed by atoms with Crippen molar-refractivity contribution in [1.82, 2.24) is 0 Å². The van der Waals surface area contributed by atoms with Crippen LogP contribution in [0.1, 0.15) is 42.9 Å². The van der Waals surface area contributed by atoms with Crippen molar-refractivity contribution in [3.63, 3.8) is 0 Å². The normalized spacial score (nSPS) is 13.9. The van der Waals surface area contributed by atoms with Crippen molar-refractivity contribution in [2.75, 3.05) is 0 Å². The molecule has 0 spiro atoms. The molecule has 0 fully saturated rings. The zero-order valence-corrected chi connectivity index (χ0v) is 11.2. The largest absolute Gasteiger partial charge is 0.0619 e. The van der Waals surface area contributed by atoms with Gasteiger partial charge in [-0.25, -0.2) is 0 Å². The first-order valence-corrected chi connectivity index (χ1v) is 6.97. The molecule has 0 heterocycles. The van der Waals surface area contributed by atoms with Crippen LogP contribution in [0.4, 0.5) is 0 Å². The predicted molar refractivity (Wildman–Crippen MR) is 78.0 cm³/mol. The minimum atomic E-state index is 0.582. The smallest absolute Gasteiger partial charge is 0.0146 e. The summed E-state index contributed by atoms with van der Waals surface area (Å²) < 4.78 is 0. The minimum Gasteiger partial charge on any atom is -0.0619 e. The lowest BCUT2D eigenvalue weighted by atomic mass is 9.89. The number of benzene rings is 2. The van der Waals surface area contributed by atoms with Gasteiger partial charge in [-0.2, -0.15) is 0 Å². The molecule has 1 aliphatic rings. The Labute approximate surface area is 110 Å². The van der Waals surface area contributed by atoms with Crippen LogP contribution in [0.25, 0.3) is 11.1 Å². The van der Waals surface area contributed by atoms with Gasteiger partial charge in [0.25, 0.3) is 0 Å². The molecule has 0 heteroatoms. The lowest BCUT2D eigenvalue weighted by Gasteiger charge is -2.15. The highest BCUT2D eigenvalue weighted by atomic mass is 14.2. The maximum absolute atomic E-state index is 2.30. The molecule has 0 unspecified atom stereocenters. The molecular weight excluding hydrogens is 216 g/mol. The van der Waals surface area contributed by atoms with Crippen LogP contribution in [-0.2, 0) is 12.8 Å². The maximum Gasteiger partial charge on any atom is -0.0146 e. The number of fused-ring (bicyclic) bond motifs is 1.